The van der Waals surface area contributed by atoms with Crippen molar-refractivity contribution < 1.29 is 5.11 Å². The summed E-state index contributed by atoms with van der Waals surface area (Å²) >= 11 is 0. The molecule has 0 fully saturated rings. The third-order valence-electron chi connectivity index (χ3n) is 3.94. The van der Waals surface area contributed by atoms with Gasteiger partial charge in [0.05, 0.1) is 11.9 Å². The maximum Gasteiger partial charge on any atom is 0.121 e. The smallest absolute Gasteiger partial charge is 0.121 e. The first-order valence-corrected chi connectivity index (χ1v) is 7.46. The van der Waals surface area contributed by atoms with E-state index >= 15 is 0 Å². The second kappa shape index (κ2) is 6.16. The molecule has 1 aromatic heterocycles. The van der Waals surface area contributed by atoms with Crippen molar-refractivity contribution >= 4 is 0 Å². The Morgan fingerprint density at radius 1 is 1.00 bits per heavy atom. The van der Waals surface area contributed by atoms with E-state index in [0.717, 1.165) is 17.1 Å². The van der Waals surface area contributed by atoms with Crippen LogP contribution in [0.25, 0.3) is 0 Å². The number of aryl methyl sites for hydroxylation is 2. The normalized spacial score (nSPS) is 12.3. The van der Waals surface area contributed by atoms with E-state index in [9.17, 15) is 5.11 Å². The number of imidazole rings is 1. The molecule has 0 aliphatic heterocycles. The highest BCUT2D eigenvalue weighted by Gasteiger charge is 2.17. The van der Waals surface area contributed by atoms with Crippen LogP contribution in [-0.4, -0.2) is 14.7 Å². The van der Waals surface area contributed by atoms with Crippen LogP contribution in [0, 0.1) is 13.8 Å². The van der Waals surface area contributed by atoms with Crippen molar-refractivity contribution in [3.05, 3.63) is 89.0 Å². The minimum absolute atomic E-state index is 0.662. The monoisotopic (exact) mass is 292 g/mol. The van der Waals surface area contributed by atoms with Gasteiger partial charge in [0.25, 0.3) is 0 Å². The molecule has 0 aliphatic rings. The van der Waals surface area contributed by atoms with Crippen LogP contribution in [0.4, 0.5) is 0 Å². The van der Waals surface area contributed by atoms with Crippen molar-refractivity contribution in [3.8, 4) is 0 Å². The number of aliphatic hydroxyl groups is 1. The zero-order chi connectivity index (χ0) is 15.5. The quantitative estimate of drug-likeness (QED) is 0.797. The van der Waals surface area contributed by atoms with E-state index in [1.807, 2.05) is 56.3 Å². The van der Waals surface area contributed by atoms with E-state index in [1.165, 1.54) is 11.1 Å². The lowest BCUT2D eigenvalue weighted by Crippen LogP contribution is -2.11. The Labute approximate surface area is 130 Å². The maximum atomic E-state index is 10.7. The fraction of sp³-hybridized carbons (Fsp3) is 0.211. The summed E-state index contributed by atoms with van der Waals surface area (Å²) in [4.78, 5) is 4.38. The molecule has 0 bridgehead atoms. The van der Waals surface area contributed by atoms with Crippen LogP contribution in [0.5, 0.6) is 0 Å². The molecular weight excluding hydrogens is 272 g/mol. The first-order valence-electron chi connectivity index (χ1n) is 7.46. The highest BCUT2D eigenvalue weighted by molar-refractivity contribution is 5.29. The van der Waals surface area contributed by atoms with Gasteiger partial charge in [-0.25, -0.2) is 4.98 Å². The molecule has 0 spiro atoms. The molecule has 112 valence electrons. The molecule has 1 atom stereocenters. The van der Waals surface area contributed by atoms with Crippen LogP contribution < -0.4 is 0 Å². The molecule has 0 saturated heterocycles. The van der Waals surface area contributed by atoms with Crippen LogP contribution in [-0.2, 0) is 6.54 Å². The van der Waals surface area contributed by atoms with Crippen molar-refractivity contribution in [1.82, 2.24) is 9.55 Å². The first-order chi connectivity index (χ1) is 10.6. The Kier molecular flexibility index (Phi) is 4.07. The molecule has 3 aromatic rings. The fourth-order valence-electron chi connectivity index (χ4n) is 2.60. The van der Waals surface area contributed by atoms with E-state index in [2.05, 4.69) is 21.7 Å². The number of rotatable bonds is 4. The van der Waals surface area contributed by atoms with Crippen LogP contribution in [0.1, 0.15) is 34.3 Å². The van der Waals surface area contributed by atoms with Gasteiger partial charge in [-0.2, -0.15) is 0 Å². The number of aromatic nitrogens is 2. The molecule has 0 radical (unpaired) electrons. The fourth-order valence-corrected chi connectivity index (χ4v) is 2.60. The third kappa shape index (κ3) is 2.95. The summed E-state index contributed by atoms with van der Waals surface area (Å²) < 4.78 is 2.07. The molecule has 22 heavy (non-hydrogen) atoms. The average molecular weight is 292 g/mol. The Morgan fingerprint density at radius 3 is 2.36 bits per heavy atom. The first kappa shape index (κ1) is 14.5. The molecule has 3 rings (SSSR count). The molecule has 3 heteroatoms. The van der Waals surface area contributed by atoms with Crippen molar-refractivity contribution in [3.63, 3.8) is 0 Å². The highest BCUT2D eigenvalue weighted by Crippen LogP contribution is 2.24. The summed E-state index contributed by atoms with van der Waals surface area (Å²) in [7, 11) is 0. The molecule has 3 nitrogen and oxygen atoms in total. The summed E-state index contributed by atoms with van der Waals surface area (Å²) in [5.41, 5.74) is 4.09. The van der Waals surface area contributed by atoms with Gasteiger partial charge < -0.3 is 9.67 Å². The van der Waals surface area contributed by atoms with Crippen molar-refractivity contribution in [2.45, 2.75) is 26.5 Å². The molecular formula is C19H20N2O. The molecule has 0 saturated carbocycles. The van der Waals surface area contributed by atoms with Crippen LogP contribution in [0.2, 0.25) is 0 Å². The van der Waals surface area contributed by atoms with E-state index in [1.54, 1.807) is 6.20 Å². The van der Waals surface area contributed by atoms with E-state index in [0.29, 0.717) is 6.54 Å². The molecule has 1 N–H and O–H groups in total. The van der Waals surface area contributed by atoms with Crippen LogP contribution in [0.15, 0.2) is 60.8 Å². The predicted octanol–water partition coefficient (Wildman–Crippen LogP) is 3.63. The number of hydrogen-bond acceptors (Lipinski definition) is 2. The lowest BCUT2D eigenvalue weighted by molar-refractivity contribution is 0.210. The minimum Gasteiger partial charge on any atom is -0.382 e. The summed E-state index contributed by atoms with van der Waals surface area (Å²) in [5.74, 6) is 0.907. The lowest BCUT2D eigenvalue weighted by Gasteiger charge is -2.16. The third-order valence-corrected chi connectivity index (χ3v) is 3.94. The van der Waals surface area contributed by atoms with Gasteiger partial charge in [-0.05, 0) is 25.0 Å². The Morgan fingerprint density at radius 2 is 1.68 bits per heavy atom. The minimum atomic E-state index is -0.662. The van der Waals surface area contributed by atoms with Gasteiger partial charge in [0.2, 0.25) is 0 Å². The van der Waals surface area contributed by atoms with Crippen molar-refractivity contribution in [2.24, 2.45) is 0 Å². The standard InChI is InChI=1S/C19H20N2O/c1-14-8-10-17(11-9-14)19(22)18-12-20-15(2)21(18)13-16-6-4-3-5-7-16/h3-12,19,22H,13H2,1-2H3. The van der Waals surface area contributed by atoms with Gasteiger partial charge in [-0.15, -0.1) is 0 Å². The van der Waals surface area contributed by atoms with Crippen molar-refractivity contribution in [1.29, 1.82) is 0 Å². The van der Waals surface area contributed by atoms with E-state index in [-0.39, 0.29) is 0 Å². The van der Waals surface area contributed by atoms with Gasteiger partial charge in [-0.3, -0.25) is 0 Å². The van der Waals surface area contributed by atoms with Crippen LogP contribution in [0.3, 0.4) is 0 Å². The van der Waals surface area contributed by atoms with Crippen molar-refractivity contribution in [2.75, 3.05) is 0 Å². The molecule has 1 heterocycles. The Balaban J connectivity index is 1.93. The summed E-state index contributed by atoms with van der Waals surface area (Å²) in [6.07, 6.45) is 1.11. The lowest BCUT2D eigenvalue weighted by atomic mass is 10.1. The zero-order valence-corrected chi connectivity index (χ0v) is 12.9. The Hall–Kier alpha value is -2.39. The predicted molar refractivity (Wildman–Crippen MR) is 87.7 cm³/mol. The average Bonchev–Trinajstić information content (AvgIpc) is 2.89. The van der Waals surface area contributed by atoms with E-state index < -0.39 is 6.10 Å². The second-order valence-corrected chi connectivity index (χ2v) is 5.62. The van der Waals surface area contributed by atoms with Gasteiger partial charge in [0, 0.05) is 6.54 Å². The van der Waals surface area contributed by atoms with Gasteiger partial charge in [0.15, 0.2) is 0 Å². The number of benzene rings is 2. The second-order valence-electron chi connectivity index (χ2n) is 5.62. The zero-order valence-electron chi connectivity index (χ0n) is 12.9. The SMILES string of the molecule is Cc1ccc(C(O)c2cnc(C)n2Cc2ccccc2)cc1. The molecule has 0 aliphatic carbocycles. The largest absolute Gasteiger partial charge is 0.382 e. The summed E-state index contributed by atoms with van der Waals surface area (Å²) in [5, 5.41) is 10.7. The van der Waals surface area contributed by atoms with Gasteiger partial charge >= 0.3 is 0 Å². The van der Waals surface area contributed by atoms with Gasteiger partial charge in [-0.1, -0.05) is 60.2 Å². The molecule has 2 aromatic carbocycles. The van der Waals surface area contributed by atoms with Crippen LogP contribution >= 0.6 is 0 Å². The number of nitrogens with zero attached hydrogens (tertiary/aromatic N) is 2. The number of aliphatic hydroxyl groups excluding tert-OH is 1. The maximum absolute atomic E-state index is 10.7. The van der Waals surface area contributed by atoms with E-state index in [4.69, 9.17) is 0 Å². The molecule has 0 amide bonds. The summed E-state index contributed by atoms with van der Waals surface area (Å²) in [6, 6.07) is 18.2. The Bertz CT molecular complexity index is 745. The number of hydrogen-bond donors (Lipinski definition) is 1. The van der Waals surface area contributed by atoms with Gasteiger partial charge in [0.1, 0.15) is 11.9 Å². The molecule has 1 unspecified atom stereocenters. The topological polar surface area (TPSA) is 38.1 Å². The highest BCUT2D eigenvalue weighted by atomic mass is 16.3. The summed E-state index contributed by atoms with van der Waals surface area (Å²) in [6.45, 7) is 4.72.